The van der Waals surface area contributed by atoms with E-state index in [0.29, 0.717) is 18.9 Å². The van der Waals surface area contributed by atoms with Gasteiger partial charge in [-0.1, -0.05) is 24.3 Å². The Balaban J connectivity index is 1.24. The van der Waals surface area contributed by atoms with E-state index in [9.17, 15) is 4.79 Å². The molecule has 136 valence electrons. The number of esters is 1. The Morgan fingerprint density at radius 3 is 1.88 bits per heavy atom. The number of cyclic esters (lactones) is 1. The van der Waals surface area contributed by atoms with E-state index < -0.39 is 0 Å². The van der Waals surface area contributed by atoms with Crippen LogP contribution >= 0.6 is 0 Å². The maximum Gasteiger partial charge on any atom is 0.309 e. The number of hydrogen-bond acceptors (Lipinski definition) is 3. The zero-order valence-corrected chi connectivity index (χ0v) is 15.2. The van der Waals surface area contributed by atoms with Gasteiger partial charge in [0.2, 0.25) is 0 Å². The molecule has 3 heteroatoms. The molecular formula is C22H31NO2. The van der Waals surface area contributed by atoms with Crippen LogP contribution in [0.25, 0.3) is 0 Å². The zero-order valence-electron chi connectivity index (χ0n) is 15.2. The lowest BCUT2D eigenvalue weighted by molar-refractivity contribution is -0.176. The first-order valence-corrected chi connectivity index (χ1v) is 10.2. The van der Waals surface area contributed by atoms with Gasteiger partial charge in [0.25, 0.3) is 0 Å². The van der Waals surface area contributed by atoms with E-state index >= 15 is 0 Å². The lowest BCUT2D eigenvalue weighted by Gasteiger charge is -2.41. The van der Waals surface area contributed by atoms with Gasteiger partial charge in [-0.25, -0.2) is 0 Å². The fraction of sp³-hybridized carbons (Fsp3) is 0.682. The highest BCUT2D eigenvalue weighted by Crippen LogP contribution is 2.45. The van der Waals surface area contributed by atoms with E-state index in [1.54, 1.807) is 0 Å². The molecule has 3 fully saturated rings. The van der Waals surface area contributed by atoms with E-state index in [0.717, 1.165) is 17.8 Å². The molecule has 1 aromatic carbocycles. The Morgan fingerprint density at radius 1 is 0.840 bits per heavy atom. The lowest BCUT2D eigenvalue weighted by atomic mass is 9.67. The summed E-state index contributed by atoms with van der Waals surface area (Å²) in [6, 6.07) is 8.96. The van der Waals surface area contributed by atoms with Gasteiger partial charge in [-0.3, -0.25) is 4.79 Å². The second kappa shape index (κ2) is 7.49. The third-order valence-corrected chi connectivity index (χ3v) is 7.12. The molecule has 0 spiro atoms. The van der Waals surface area contributed by atoms with Crippen molar-refractivity contribution >= 4 is 5.97 Å². The molecule has 1 atom stereocenters. The van der Waals surface area contributed by atoms with Crippen LogP contribution in [0, 0.1) is 17.8 Å². The fourth-order valence-electron chi connectivity index (χ4n) is 5.42. The number of nitrogens with two attached hydrogens (primary N) is 1. The molecule has 0 aromatic heterocycles. The molecule has 1 unspecified atom stereocenters. The molecule has 2 aliphatic carbocycles. The van der Waals surface area contributed by atoms with Gasteiger partial charge in [0, 0.05) is 6.54 Å². The molecule has 0 radical (unpaired) electrons. The second-order valence-corrected chi connectivity index (χ2v) is 8.46. The smallest absolute Gasteiger partial charge is 0.309 e. The predicted octanol–water partition coefficient (Wildman–Crippen LogP) is 4.54. The average molecular weight is 341 g/mol. The largest absolute Gasteiger partial charge is 0.461 e. The van der Waals surface area contributed by atoms with Crippen LogP contribution in [-0.2, 0) is 16.1 Å². The topological polar surface area (TPSA) is 52.3 Å². The quantitative estimate of drug-likeness (QED) is 0.818. The van der Waals surface area contributed by atoms with Gasteiger partial charge in [-0.2, -0.15) is 0 Å². The first-order valence-electron chi connectivity index (χ1n) is 10.2. The van der Waals surface area contributed by atoms with Crippen molar-refractivity contribution in [2.75, 3.05) is 0 Å². The molecule has 2 N–H and O–H groups in total. The highest BCUT2D eigenvalue weighted by Gasteiger charge is 2.39. The van der Waals surface area contributed by atoms with Gasteiger partial charge in [-0.15, -0.1) is 0 Å². The van der Waals surface area contributed by atoms with Gasteiger partial charge in [0.05, 0.1) is 6.42 Å². The number of ether oxygens (including phenoxy) is 1. The van der Waals surface area contributed by atoms with Crippen LogP contribution in [0.4, 0.5) is 0 Å². The Kier molecular flexibility index (Phi) is 5.12. The van der Waals surface area contributed by atoms with E-state index in [2.05, 4.69) is 24.3 Å². The molecule has 1 aliphatic heterocycles. The Morgan fingerprint density at radius 2 is 1.36 bits per heavy atom. The number of carbonyl (C=O) groups excluding carboxylic acids is 1. The van der Waals surface area contributed by atoms with Crippen molar-refractivity contribution in [3.63, 3.8) is 0 Å². The van der Waals surface area contributed by atoms with Crippen molar-refractivity contribution in [3.8, 4) is 0 Å². The van der Waals surface area contributed by atoms with Crippen molar-refractivity contribution in [2.45, 2.75) is 76.4 Å². The highest BCUT2D eigenvalue weighted by molar-refractivity contribution is 5.75. The van der Waals surface area contributed by atoms with Crippen molar-refractivity contribution in [1.29, 1.82) is 0 Å². The van der Waals surface area contributed by atoms with Crippen LogP contribution in [-0.4, -0.2) is 12.1 Å². The highest BCUT2D eigenvalue weighted by atomic mass is 16.6. The van der Waals surface area contributed by atoms with E-state index in [1.165, 1.54) is 62.5 Å². The Bertz CT molecular complexity index is 573. The molecule has 1 aromatic rings. The predicted molar refractivity (Wildman–Crippen MR) is 99.0 cm³/mol. The summed E-state index contributed by atoms with van der Waals surface area (Å²) in [7, 11) is 0. The summed E-state index contributed by atoms with van der Waals surface area (Å²) < 4.78 is 5.29. The number of benzene rings is 1. The molecule has 2 saturated carbocycles. The molecule has 3 nitrogen and oxygen atoms in total. The minimum absolute atomic E-state index is 0.00458. The Labute approximate surface area is 151 Å². The van der Waals surface area contributed by atoms with Crippen molar-refractivity contribution in [1.82, 2.24) is 0 Å². The van der Waals surface area contributed by atoms with Crippen molar-refractivity contribution in [3.05, 3.63) is 35.4 Å². The monoisotopic (exact) mass is 341 g/mol. The van der Waals surface area contributed by atoms with E-state index in [-0.39, 0.29) is 12.1 Å². The van der Waals surface area contributed by atoms with Crippen LogP contribution in [0.5, 0.6) is 0 Å². The fourth-order valence-corrected chi connectivity index (χ4v) is 5.42. The van der Waals surface area contributed by atoms with Gasteiger partial charge in [0.1, 0.15) is 6.10 Å². The average Bonchev–Trinajstić information content (AvgIpc) is 2.66. The van der Waals surface area contributed by atoms with Crippen LogP contribution in [0.2, 0.25) is 0 Å². The molecule has 1 saturated heterocycles. The third kappa shape index (κ3) is 3.76. The number of carbonyl (C=O) groups is 1. The van der Waals surface area contributed by atoms with Gasteiger partial charge in [0.15, 0.2) is 0 Å². The van der Waals surface area contributed by atoms with Crippen LogP contribution in [0.15, 0.2) is 24.3 Å². The standard InChI is InChI=1S/C22H31NO2/c23-14-15-1-3-16(4-2-15)17-5-7-18(8-6-17)19-9-11-20(12-10-19)21-13-22(24)25-21/h1-4,17-21H,5-14,23H2/t17-,18-,19-,20-,21?. The minimum Gasteiger partial charge on any atom is -0.461 e. The molecule has 3 aliphatic rings. The normalized spacial score (nSPS) is 35.7. The Hall–Kier alpha value is -1.35. The maximum atomic E-state index is 11.0. The molecule has 1 heterocycles. The molecule has 25 heavy (non-hydrogen) atoms. The van der Waals surface area contributed by atoms with E-state index in [4.69, 9.17) is 10.5 Å². The minimum atomic E-state index is 0.00458. The van der Waals surface area contributed by atoms with Gasteiger partial charge in [-0.05, 0) is 86.2 Å². The SMILES string of the molecule is NCc1ccc([C@H]2CC[C@H]([C@H]3CC[C@H](C4CC(=O)O4)CC3)CC2)cc1. The first-order chi connectivity index (χ1) is 12.2. The van der Waals surface area contributed by atoms with Crippen molar-refractivity contribution in [2.24, 2.45) is 23.5 Å². The summed E-state index contributed by atoms with van der Waals surface area (Å²) in [5.74, 6) is 3.22. The first kappa shape index (κ1) is 17.1. The van der Waals surface area contributed by atoms with Crippen LogP contribution < -0.4 is 5.73 Å². The molecule has 0 amide bonds. The van der Waals surface area contributed by atoms with Gasteiger partial charge < -0.3 is 10.5 Å². The summed E-state index contributed by atoms with van der Waals surface area (Å²) in [6.07, 6.45) is 11.6. The van der Waals surface area contributed by atoms with Gasteiger partial charge >= 0.3 is 5.97 Å². The summed E-state index contributed by atoms with van der Waals surface area (Å²) >= 11 is 0. The summed E-state index contributed by atoms with van der Waals surface area (Å²) in [5, 5.41) is 0. The number of rotatable bonds is 4. The zero-order chi connectivity index (χ0) is 17.2. The maximum absolute atomic E-state index is 11.0. The second-order valence-electron chi connectivity index (χ2n) is 8.46. The molecular weight excluding hydrogens is 310 g/mol. The summed E-state index contributed by atoms with van der Waals surface area (Å²) in [5.41, 5.74) is 8.44. The number of hydrogen-bond donors (Lipinski definition) is 1. The van der Waals surface area contributed by atoms with E-state index in [1.807, 2.05) is 0 Å². The van der Waals surface area contributed by atoms with Crippen molar-refractivity contribution < 1.29 is 9.53 Å². The third-order valence-electron chi connectivity index (χ3n) is 7.12. The van der Waals surface area contributed by atoms with Crippen LogP contribution in [0.1, 0.15) is 74.8 Å². The summed E-state index contributed by atoms with van der Waals surface area (Å²) in [6.45, 7) is 0.635. The molecule has 0 bridgehead atoms. The van der Waals surface area contributed by atoms with Crippen LogP contribution in [0.3, 0.4) is 0 Å². The molecule has 4 rings (SSSR count). The summed E-state index contributed by atoms with van der Waals surface area (Å²) in [4.78, 5) is 11.0. The lowest BCUT2D eigenvalue weighted by Crippen LogP contribution is -2.41.